The molecular formula is C20H21N3O2. The number of amides is 3. The molecule has 3 N–H and O–H groups in total. The quantitative estimate of drug-likeness (QED) is 0.782. The highest BCUT2D eigenvalue weighted by atomic mass is 16.2. The minimum atomic E-state index is -0.193. The first-order valence-corrected chi connectivity index (χ1v) is 8.77. The van der Waals surface area contributed by atoms with Crippen LogP contribution in [0, 0.1) is 0 Å². The molecule has 0 saturated heterocycles. The van der Waals surface area contributed by atoms with E-state index in [1.54, 1.807) is 0 Å². The molecule has 1 atom stereocenters. The topological polar surface area (TPSA) is 70.2 Å². The number of hydrogen-bond donors (Lipinski definition) is 3. The number of nitrogens with one attached hydrogen (secondary N) is 3. The fourth-order valence-corrected chi connectivity index (χ4v) is 3.69. The molecule has 2 aliphatic rings. The third-order valence-electron chi connectivity index (χ3n) is 4.93. The van der Waals surface area contributed by atoms with Gasteiger partial charge in [-0.1, -0.05) is 24.3 Å². The standard InChI is InChI=1S/C20H21N3O2/c24-19-11-8-14-12-15(9-10-17(14)22-19)21-20(25)23-18-7-3-5-13-4-1-2-6-16(13)18/h1-2,4,6,9-10,12,18H,3,5,7-8,11H2,(H,22,24)(H2,21,23,25). The van der Waals surface area contributed by atoms with Gasteiger partial charge in [0.15, 0.2) is 0 Å². The second-order valence-corrected chi connectivity index (χ2v) is 6.66. The minimum absolute atomic E-state index is 0.0434. The lowest BCUT2D eigenvalue weighted by Crippen LogP contribution is -2.34. The van der Waals surface area contributed by atoms with Gasteiger partial charge in [0.2, 0.25) is 5.91 Å². The van der Waals surface area contributed by atoms with Gasteiger partial charge in [0.1, 0.15) is 0 Å². The lowest BCUT2D eigenvalue weighted by atomic mass is 9.88. The third kappa shape index (κ3) is 3.36. The molecule has 1 heterocycles. The van der Waals surface area contributed by atoms with Crippen LogP contribution in [0.15, 0.2) is 42.5 Å². The highest BCUT2D eigenvalue weighted by Gasteiger charge is 2.21. The SMILES string of the molecule is O=C1CCc2cc(NC(=O)NC3CCCc4ccccc43)ccc2N1. The zero-order valence-corrected chi connectivity index (χ0v) is 14.0. The van der Waals surface area contributed by atoms with Gasteiger partial charge in [-0.2, -0.15) is 0 Å². The van der Waals surface area contributed by atoms with E-state index >= 15 is 0 Å². The Balaban J connectivity index is 1.44. The maximum Gasteiger partial charge on any atom is 0.319 e. The summed E-state index contributed by atoms with van der Waals surface area (Å²) < 4.78 is 0. The van der Waals surface area contributed by atoms with Gasteiger partial charge >= 0.3 is 6.03 Å². The molecule has 128 valence electrons. The lowest BCUT2D eigenvalue weighted by Gasteiger charge is -2.26. The Morgan fingerprint density at radius 3 is 2.84 bits per heavy atom. The Bertz CT molecular complexity index is 831. The predicted molar refractivity (Wildman–Crippen MR) is 97.7 cm³/mol. The van der Waals surface area contributed by atoms with Gasteiger partial charge in [0, 0.05) is 17.8 Å². The van der Waals surface area contributed by atoms with Crippen molar-refractivity contribution in [1.82, 2.24) is 5.32 Å². The number of rotatable bonds is 2. The van der Waals surface area contributed by atoms with Crippen molar-refractivity contribution in [3.05, 3.63) is 59.2 Å². The van der Waals surface area contributed by atoms with E-state index in [1.807, 2.05) is 30.3 Å². The van der Waals surface area contributed by atoms with Crippen molar-refractivity contribution < 1.29 is 9.59 Å². The second kappa shape index (κ2) is 6.59. The molecule has 5 heteroatoms. The maximum atomic E-state index is 12.4. The largest absolute Gasteiger partial charge is 0.331 e. The molecule has 0 spiro atoms. The molecule has 0 radical (unpaired) electrons. The smallest absolute Gasteiger partial charge is 0.319 e. The maximum absolute atomic E-state index is 12.4. The van der Waals surface area contributed by atoms with E-state index < -0.39 is 0 Å². The van der Waals surface area contributed by atoms with Gasteiger partial charge in [-0.05, 0) is 60.6 Å². The molecule has 2 aromatic rings. The first-order chi connectivity index (χ1) is 12.2. The summed E-state index contributed by atoms with van der Waals surface area (Å²) in [5, 5.41) is 8.86. The van der Waals surface area contributed by atoms with Gasteiger partial charge in [0.05, 0.1) is 6.04 Å². The van der Waals surface area contributed by atoms with Crippen LogP contribution in [0.2, 0.25) is 0 Å². The lowest BCUT2D eigenvalue weighted by molar-refractivity contribution is -0.116. The molecule has 5 nitrogen and oxygen atoms in total. The van der Waals surface area contributed by atoms with E-state index in [4.69, 9.17) is 0 Å². The average Bonchev–Trinajstić information content (AvgIpc) is 2.62. The number of urea groups is 1. The summed E-state index contributed by atoms with van der Waals surface area (Å²) in [6.45, 7) is 0. The van der Waals surface area contributed by atoms with Gasteiger partial charge in [-0.25, -0.2) is 4.79 Å². The molecule has 0 bridgehead atoms. The number of aryl methyl sites for hydroxylation is 2. The number of carbonyl (C=O) groups excluding carboxylic acids is 2. The third-order valence-corrected chi connectivity index (χ3v) is 4.93. The van der Waals surface area contributed by atoms with E-state index in [-0.39, 0.29) is 18.0 Å². The summed E-state index contributed by atoms with van der Waals surface area (Å²) in [5.74, 6) is 0.0434. The van der Waals surface area contributed by atoms with E-state index in [0.29, 0.717) is 12.8 Å². The fraction of sp³-hybridized carbons (Fsp3) is 0.300. The van der Waals surface area contributed by atoms with Crippen molar-refractivity contribution in [2.45, 2.75) is 38.1 Å². The van der Waals surface area contributed by atoms with E-state index in [9.17, 15) is 9.59 Å². The normalized spacial score (nSPS) is 18.6. The molecule has 2 aromatic carbocycles. The fourth-order valence-electron chi connectivity index (χ4n) is 3.69. The summed E-state index contributed by atoms with van der Waals surface area (Å²) in [7, 11) is 0. The minimum Gasteiger partial charge on any atom is -0.331 e. The molecule has 1 unspecified atom stereocenters. The predicted octanol–water partition coefficient (Wildman–Crippen LogP) is 3.77. The van der Waals surface area contributed by atoms with Gasteiger partial charge in [-0.3, -0.25) is 4.79 Å². The number of benzene rings is 2. The Kier molecular flexibility index (Phi) is 4.14. The Labute approximate surface area is 146 Å². The van der Waals surface area contributed by atoms with Crippen LogP contribution in [-0.4, -0.2) is 11.9 Å². The summed E-state index contributed by atoms with van der Waals surface area (Å²) >= 11 is 0. The van der Waals surface area contributed by atoms with Crippen LogP contribution in [-0.2, 0) is 17.6 Å². The molecule has 0 aromatic heterocycles. The van der Waals surface area contributed by atoms with Crippen molar-refractivity contribution in [2.75, 3.05) is 10.6 Å². The summed E-state index contributed by atoms with van der Waals surface area (Å²) in [5.41, 5.74) is 5.18. The first-order valence-electron chi connectivity index (χ1n) is 8.77. The van der Waals surface area contributed by atoms with Gasteiger partial charge in [0.25, 0.3) is 0 Å². The number of carbonyl (C=O) groups is 2. The van der Waals surface area contributed by atoms with E-state index in [0.717, 1.165) is 36.2 Å². The highest BCUT2D eigenvalue weighted by Crippen LogP contribution is 2.30. The van der Waals surface area contributed by atoms with Crippen LogP contribution < -0.4 is 16.0 Å². The molecule has 0 fully saturated rings. The molecule has 3 amide bonds. The van der Waals surface area contributed by atoms with Crippen molar-refractivity contribution in [1.29, 1.82) is 0 Å². The summed E-state index contributed by atoms with van der Waals surface area (Å²) in [6, 6.07) is 13.8. The van der Waals surface area contributed by atoms with E-state index in [1.165, 1.54) is 11.1 Å². The molecule has 25 heavy (non-hydrogen) atoms. The Morgan fingerprint density at radius 1 is 1.04 bits per heavy atom. The highest BCUT2D eigenvalue weighted by molar-refractivity contribution is 5.95. The average molecular weight is 335 g/mol. The monoisotopic (exact) mass is 335 g/mol. The molecule has 1 aliphatic heterocycles. The van der Waals surface area contributed by atoms with Gasteiger partial charge in [-0.15, -0.1) is 0 Å². The summed E-state index contributed by atoms with van der Waals surface area (Å²) in [4.78, 5) is 23.8. The van der Waals surface area contributed by atoms with Gasteiger partial charge < -0.3 is 16.0 Å². The van der Waals surface area contributed by atoms with Crippen molar-refractivity contribution in [3.8, 4) is 0 Å². The first kappa shape index (κ1) is 15.7. The van der Waals surface area contributed by atoms with Crippen LogP contribution in [0.4, 0.5) is 16.2 Å². The van der Waals surface area contributed by atoms with Crippen LogP contribution in [0.3, 0.4) is 0 Å². The Morgan fingerprint density at radius 2 is 1.92 bits per heavy atom. The summed E-state index contributed by atoms with van der Waals surface area (Å²) in [6.07, 6.45) is 4.31. The number of anilines is 2. The molecule has 0 saturated carbocycles. The van der Waals surface area contributed by atoms with Crippen LogP contribution in [0.25, 0.3) is 0 Å². The van der Waals surface area contributed by atoms with Crippen LogP contribution >= 0.6 is 0 Å². The van der Waals surface area contributed by atoms with Crippen molar-refractivity contribution >= 4 is 23.3 Å². The number of fused-ring (bicyclic) bond motifs is 2. The molecule has 4 rings (SSSR count). The van der Waals surface area contributed by atoms with Crippen LogP contribution in [0.1, 0.15) is 42.0 Å². The molecular weight excluding hydrogens is 314 g/mol. The Hall–Kier alpha value is -2.82. The zero-order chi connectivity index (χ0) is 17.2. The van der Waals surface area contributed by atoms with Crippen molar-refractivity contribution in [2.24, 2.45) is 0 Å². The van der Waals surface area contributed by atoms with Crippen molar-refractivity contribution in [3.63, 3.8) is 0 Å². The van der Waals surface area contributed by atoms with E-state index in [2.05, 4.69) is 28.1 Å². The second-order valence-electron chi connectivity index (χ2n) is 6.66. The zero-order valence-electron chi connectivity index (χ0n) is 14.0. The number of hydrogen-bond acceptors (Lipinski definition) is 2. The molecule has 1 aliphatic carbocycles. The van der Waals surface area contributed by atoms with Crippen LogP contribution in [0.5, 0.6) is 0 Å².